The van der Waals surface area contributed by atoms with Crippen LogP contribution in [-0.2, 0) is 10.0 Å². The van der Waals surface area contributed by atoms with Crippen LogP contribution in [0.4, 0.5) is 0 Å². The summed E-state index contributed by atoms with van der Waals surface area (Å²) in [5, 5.41) is 3.96. The number of rotatable bonds is 10. The molecule has 0 saturated heterocycles. The molecule has 1 N–H and O–H groups in total. The monoisotopic (exact) mass is 449 g/mol. The number of methoxy groups -OCH3 is 3. The van der Waals surface area contributed by atoms with Gasteiger partial charge in [0.15, 0.2) is 0 Å². The molecule has 1 amide bonds. The summed E-state index contributed by atoms with van der Waals surface area (Å²) >= 11 is 0. The Hall–Kier alpha value is -3.11. The van der Waals surface area contributed by atoms with Crippen LogP contribution < -0.4 is 19.6 Å². The van der Waals surface area contributed by atoms with Gasteiger partial charge in [-0.3, -0.25) is 4.79 Å². The highest BCUT2D eigenvalue weighted by molar-refractivity contribution is 7.89. The van der Waals surface area contributed by atoms with Gasteiger partial charge in [0.2, 0.25) is 10.0 Å². The predicted molar refractivity (Wildman–Crippen MR) is 118 cm³/mol. The molecule has 168 valence electrons. The number of nitrogens with zero attached hydrogens (tertiary/aromatic N) is 2. The number of sulfonamides is 1. The number of ether oxygens (including phenoxy) is 3. The molecule has 2 aromatic carbocycles. The molecular weight excluding hydrogens is 422 g/mol. The lowest BCUT2D eigenvalue weighted by Gasteiger charge is -2.18. The molecule has 9 nitrogen and oxygen atoms in total. The van der Waals surface area contributed by atoms with Crippen LogP contribution in [0.5, 0.6) is 17.2 Å². The first-order valence-corrected chi connectivity index (χ1v) is 11.0. The fraction of sp³-hybridized carbons (Fsp3) is 0.333. The van der Waals surface area contributed by atoms with E-state index in [9.17, 15) is 13.2 Å². The first-order chi connectivity index (χ1) is 14.8. The van der Waals surface area contributed by atoms with Gasteiger partial charge in [-0.05, 0) is 18.2 Å². The summed E-state index contributed by atoms with van der Waals surface area (Å²) in [6.07, 6.45) is 1.38. The first kappa shape index (κ1) is 24.2. The van der Waals surface area contributed by atoms with Gasteiger partial charge in [-0.25, -0.2) is 13.8 Å². The number of nitrogens with one attached hydrogen (secondary N) is 1. The molecule has 0 aliphatic carbocycles. The Balaban J connectivity index is 2.25. The number of hydrogen-bond acceptors (Lipinski definition) is 7. The molecule has 0 unspecified atom stereocenters. The molecule has 0 saturated carbocycles. The Labute approximate surface area is 182 Å². The average molecular weight is 450 g/mol. The Kier molecular flexibility index (Phi) is 8.40. The van der Waals surface area contributed by atoms with Crippen molar-refractivity contribution in [2.75, 3.05) is 34.4 Å². The summed E-state index contributed by atoms with van der Waals surface area (Å²) in [6.45, 7) is 4.19. The van der Waals surface area contributed by atoms with Gasteiger partial charge < -0.3 is 14.2 Å². The van der Waals surface area contributed by atoms with Crippen molar-refractivity contribution in [3.05, 3.63) is 47.5 Å². The Morgan fingerprint density at radius 2 is 1.65 bits per heavy atom. The van der Waals surface area contributed by atoms with Gasteiger partial charge in [-0.1, -0.05) is 19.9 Å². The Morgan fingerprint density at radius 3 is 2.16 bits per heavy atom. The minimum absolute atomic E-state index is 0.0475. The minimum Gasteiger partial charge on any atom is -0.496 e. The summed E-state index contributed by atoms with van der Waals surface area (Å²) in [5.41, 5.74) is 3.06. The largest absolute Gasteiger partial charge is 0.496 e. The van der Waals surface area contributed by atoms with Crippen LogP contribution in [0.15, 0.2) is 46.4 Å². The second-order valence-electron chi connectivity index (χ2n) is 6.26. The molecule has 0 aliphatic heterocycles. The van der Waals surface area contributed by atoms with Crippen molar-refractivity contribution in [1.82, 2.24) is 9.73 Å². The van der Waals surface area contributed by atoms with E-state index in [4.69, 9.17) is 14.2 Å². The van der Waals surface area contributed by atoms with Crippen LogP contribution >= 0.6 is 0 Å². The SMILES string of the molecule is CCN(CC)S(=O)(=O)c1cccc(C(=O)N/N=C/c2c(OC)cc(OC)cc2OC)c1. The van der Waals surface area contributed by atoms with Crippen molar-refractivity contribution >= 4 is 22.1 Å². The maximum atomic E-state index is 12.7. The third-order valence-corrected chi connectivity index (χ3v) is 6.60. The van der Waals surface area contributed by atoms with Crippen LogP contribution in [0.1, 0.15) is 29.8 Å². The van der Waals surface area contributed by atoms with Crippen molar-refractivity contribution in [3.8, 4) is 17.2 Å². The number of hydrogen-bond donors (Lipinski definition) is 1. The first-order valence-electron chi connectivity index (χ1n) is 9.55. The number of hydrazone groups is 1. The lowest BCUT2D eigenvalue weighted by Crippen LogP contribution is -2.30. The van der Waals surface area contributed by atoms with E-state index in [1.807, 2.05) is 0 Å². The molecule has 0 fully saturated rings. The topological polar surface area (TPSA) is 107 Å². The number of carbonyl (C=O) groups excluding carboxylic acids is 1. The minimum atomic E-state index is -3.68. The average Bonchev–Trinajstić information content (AvgIpc) is 2.79. The molecule has 0 atom stereocenters. The summed E-state index contributed by atoms with van der Waals surface area (Å²) in [5.74, 6) is 0.878. The predicted octanol–water partition coefficient (Wildman–Crippen LogP) is 2.51. The third kappa shape index (κ3) is 5.53. The molecule has 0 bridgehead atoms. The van der Waals surface area contributed by atoms with Crippen LogP contribution in [0, 0.1) is 0 Å². The second kappa shape index (κ2) is 10.8. The van der Waals surface area contributed by atoms with Gasteiger partial charge in [0.05, 0.1) is 38.0 Å². The van der Waals surface area contributed by atoms with Crippen LogP contribution in [-0.4, -0.2) is 59.3 Å². The molecular formula is C21H27N3O6S. The van der Waals surface area contributed by atoms with E-state index in [0.29, 0.717) is 35.9 Å². The van der Waals surface area contributed by atoms with Gasteiger partial charge in [0.1, 0.15) is 17.2 Å². The van der Waals surface area contributed by atoms with E-state index < -0.39 is 15.9 Å². The van der Waals surface area contributed by atoms with E-state index in [0.717, 1.165) is 0 Å². The van der Waals surface area contributed by atoms with Gasteiger partial charge in [-0.15, -0.1) is 0 Å². The maximum absolute atomic E-state index is 12.7. The normalized spacial score (nSPS) is 11.5. The molecule has 0 radical (unpaired) electrons. The van der Waals surface area contributed by atoms with Crippen molar-refractivity contribution in [1.29, 1.82) is 0 Å². The maximum Gasteiger partial charge on any atom is 0.271 e. The fourth-order valence-corrected chi connectivity index (χ4v) is 4.39. The highest BCUT2D eigenvalue weighted by Gasteiger charge is 2.22. The summed E-state index contributed by atoms with van der Waals surface area (Å²) < 4.78 is 42.6. The van der Waals surface area contributed by atoms with Crippen LogP contribution in [0.2, 0.25) is 0 Å². The molecule has 10 heteroatoms. The molecule has 0 aromatic heterocycles. The lowest BCUT2D eigenvalue weighted by atomic mass is 10.2. The summed E-state index contributed by atoms with van der Waals surface area (Å²) in [7, 11) is 0.833. The van der Waals surface area contributed by atoms with Crippen LogP contribution in [0.3, 0.4) is 0 Å². The molecule has 2 aromatic rings. The summed E-state index contributed by atoms with van der Waals surface area (Å²) in [6, 6.07) is 9.14. The van der Waals surface area contributed by atoms with E-state index in [-0.39, 0.29) is 10.5 Å². The number of carbonyl (C=O) groups is 1. The van der Waals surface area contributed by atoms with E-state index >= 15 is 0 Å². The standard InChI is InChI=1S/C21H27N3O6S/c1-6-24(7-2)31(26,27)17-10-8-9-15(11-17)21(25)23-22-14-18-19(29-4)12-16(28-3)13-20(18)30-5/h8-14H,6-7H2,1-5H3,(H,23,25)/b22-14+. The van der Waals surface area contributed by atoms with Gasteiger partial charge >= 0.3 is 0 Å². The quantitative estimate of drug-likeness (QED) is 0.441. The van der Waals surface area contributed by atoms with Gasteiger partial charge in [0.25, 0.3) is 5.91 Å². The van der Waals surface area contributed by atoms with E-state index in [1.165, 1.54) is 56.1 Å². The summed E-state index contributed by atoms with van der Waals surface area (Å²) in [4.78, 5) is 12.6. The third-order valence-electron chi connectivity index (χ3n) is 4.55. The van der Waals surface area contributed by atoms with Crippen molar-refractivity contribution in [2.45, 2.75) is 18.7 Å². The molecule has 2 rings (SSSR count). The molecule has 31 heavy (non-hydrogen) atoms. The van der Waals surface area contributed by atoms with Gasteiger partial charge in [-0.2, -0.15) is 9.41 Å². The van der Waals surface area contributed by atoms with Crippen LogP contribution in [0.25, 0.3) is 0 Å². The van der Waals surface area contributed by atoms with Crippen molar-refractivity contribution in [3.63, 3.8) is 0 Å². The molecule has 0 heterocycles. The second-order valence-corrected chi connectivity index (χ2v) is 8.20. The zero-order chi connectivity index (χ0) is 23.0. The number of amides is 1. The van der Waals surface area contributed by atoms with E-state index in [2.05, 4.69) is 10.5 Å². The van der Waals surface area contributed by atoms with Crippen molar-refractivity contribution < 1.29 is 27.4 Å². The van der Waals surface area contributed by atoms with Gasteiger partial charge in [0, 0.05) is 30.8 Å². The fourth-order valence-electron chi connectivity index (χ4n) is 2.89. The van der Waals surface area contributed by atoms with E-state index in [1.54, 1.807) is 26.0 Å². The lowest BCUT2D eigenvalue weighted by molar-refractivity contribution is 0.0955. The Morgan fingerprint density at radius 1 is 1.03 bits per heavy atom. The molecule has 0 spiro atoms. The van der Waals surface area contributed by atoms with Crippen molar-refractivity contribution in [2.24, 2.45) is 5.10 Å². The highest BCUT2D eigenvalue weighted by Crippen LogP contribution is 2.32. The highest BCUT2D eigenvalue weighted by atomic mass is 32.2. The molecule has 0 aliphatic rings. The number of benzene rings is 2. The smallest absolute Gasteiger partial charge is 0.271 e. The Bertz CT molecular complexity index is 1020. The zero-order valence-corrected chi connectivity index (χ0v) is 19.0. The zero-order valence-electron chi connectivity index (χ0n) is 18.2.